The van der Waals surface area contributed by atoms with E-state index in [0.717, 1.165) is 13.0 Å². The topological polar surface area (TPSA) is 38.3 Å². The molecule has 1 aliphatic rings. The molecule has 1 amide bonds. The average molecular weight is 237 g/mol. The third kappa shape index (κ3) is 2.82. The molecule has 1 aliphatic heterocycles. The first kappa shape index (κ1) is 12.0. The van der Waals surface area contributed by atoms with Gasteiger partial charge in [-0.2, -0.15) is 0 Å². The van der Waals surface area contributed by atoms with E-state index >= 15 is 0 Å². The minimum absolute atomic E-state index is 0.0964. The highest BCUT2D eigenvalue weighted by molar-refractivity contribution is 5.94. The van der Waals surface area contributed by atoms with E-state index in [4.69, 9.17) is 4.74 Å². The van der Waals surface area contributed by atoms with E-state index in [2.05, 4.69) is 5.32 Å². The highest BCUT2D eigenvalue weighted by atomic mass is 19.1. The number of nitrogens with one attached hydrogen (secondary N) is 1. The second-order valence-corrected chi connectivity index (χ2v) is 4.31. The quantitative estimate of drug-likeness (QED) is 0.873. The van der Waals surface area contributed by atoms with Gasteiger partial charge in [-0.3, -0.25) is 4.79 Å². The minimum Gasteiger partial charge on any atom is -0.378 e. The number of carbonyl (C=O) groups is 1. The first-order valence-corrected chi connectivity index (χ1v) is 5.83. The van der Waals surface area contributed by atoms with Crippen LogP contribution in [0, 0.1) is 11.7 Å². The molecular formula is C13H16FNO2. The molecule has 0 aliphatic carbocycles. The van der Waals surface area contributed by atoms with E-state index in [1.165, 1.54) is 12.1 Å². The van der Waals surface area contributed by atoms with E-state index in [9.17, 15) is 9.18 Å². The molecule has 2 unspecified atom stereocenters. The summed E-state index contributed by atoms with van der Waals surface area (Å²) in [5.74, 6) is -0.520. The summed E-state index contributed by atoms with van der Waals surface area (Å²) >= 11 is 0. The second-order valence-electron chi connectivity index (χ2n) is 4.31. The first-order valence-electron chi connectivity index (χ1n) is 5.83. The third-order valence-electron chi connectivity index (χ3n) is 3.18. The molecule has 0 bridgehead atoms. The van der Waals surface area contributed by atoms with Gasteiger partial charge in [-0.05, 0) is 25.5 Å². The van der Waals surface area contributed by atoms with Gasteiger partial charge in [-0.15, -0.1) is 0 Å². The SMILES string of the molecule is CC1OCCC1CNC(=O)c1ccccc1F. The molecule has 92 valence electrons. The Morgan fingerprint density at radius 3 is 2.94 bits per heavy atom. The van der Waals surface area contributed by atoms with Crippen LogP contribution in [0.1, 0.15) is 23.7 Å². The highest BCUT2D eigenvalue weighted by Crippen LogP contribution is 2.19. The molecule has 0 radical (unpaired) electrons. The monoisotopic (exact) mass is 237 g/mol. The van der Waals surface area contributed by atoms with Crippen molar-refractivity contribution >= 4 is 5.91 Å². The van der Waals surface area contributed by atoms with Gasteiger partial charge in [0.25, 0.3) is 5.91 Å². The Bertz CT molecular complexity index is 408. The van der Waals surface area contributed by atoms with Crippen molar-refractivity contribution in [3.63, 3.8) is 0 Å². The Hall–Kier alpha value is -1.42. The lowest BCUT2D eigenvalue weighted by Gasteiger charge is -2.14. The van der Waals surface area contributed by atoms with Gasteiger partial charge in [0.15, 0.2) is 0 Å². The summed E-state index contributed by atoms with van der Waals surface area (Å²) in [5.41, 5.74) is 0.0964. The lowest BCUT2D eigenvalue weighted by atomic mass is 10.0. The fourth-order valence-corrected chi connectivity index (χ4v) is 2.01. The summed E-state index contributed by atoms with van der Waals surface area (Å²) in [4.78, 5) is 11.7. The zero-order valence-corrected chi connectivity index (χ0v) is 9.78. The van der Waals surface area contributed by atoms with E-state index in [1.54, 1.807) is 12.1 Å². The molecule has 2 rings (SSSR count). The molecule has 1 aromatic carbocycles. The molecular weight excluding hydrogens is 221 g/mol. The van der Waals surface area contributed by atoms with Gasteiger partial charge in [0.1, 0.15) is 5.82 Å². The zero-order valence-electron chi connectivity index (χ0n) is 9.78. The number of hydrogen-bond donors (Lipinski definition) is 1. The van der Waals surface area contributed by atoms with Crippen molar-refractivity contribution in [2.45, 2.75) is 19.4 Å². The zero-order chi connectivity index (χ0) is 12.3. The molecule has 17 heavy (non-hydrogen) atoms. The number of ether oxygens (including phenoxy) is 1. The number of carbonyl (C=O) groups excluding carboxylic acids is 1. The maximum Gasteiger partial charge on any atom is 0.254 e. The summed E-state index contributed by atoms with van der Waals surface area (Å²) in [7, 11) is 0. The smallest absolute Gasteiger partial charge is 0.254 e. The molecule has 1 heterocycles. The second kappa shape index (κ2) is 5.27. The molecule has 0 aromatic heterocycles. The van der Waals surface area contributed by atoms with Gasteiger partial charge in [0.2, 0.25) is 0 Å². The largest absolute Gasteiger partial charge is 0.378 e. The fourth-order valence-electron chi connectivity index (χ4n) is 2.01. The van der Waals surface area contributed by atoms with Gasteiger partial charge in [-0.25, -0.2) is 4.39 Å². The molecule has 1 aromatic rings. The molecule has 3 nitrogen and oxygen atoms in total. The predicted octanol–water partition coefficient (Wildman–Crippen LogP) is 1.98. The van der Waals surface area contributed by atoms with Gasteiger partial charge in [-0.1, -0.05) is 12.1 Å². The number of rotatable bonds is 3. The van der Waals surface area contributed by atoms with Gasteiger partial charge in [0, 0.05) is 19.1 Å². The normalized spacial score (nSPS) is 23.6. The standard InChI is InChI=1S/C13H16FNO2/c1-9-10(6-7-17-9)8-15-13(16)11-4-2-3-5-12(11)14/h2-5,9-10H,6-8H2,1H3,(H,15,16). The maximum absolute atomic E-state index is 13.3. The van der Waals surface area contributed by atoms with E-state index in [0.29, 0.717) is 12.5 Å². The Balaban J connectivity index is 1.91. The van der Waals surface area contributed by atoms with Crippen LogP contribution in [-0.4, -0.2) is 25.2 Å². The van der Waals surface area contributed by atoms with Gasteiger partial charge >= 0.3 is 0 Å². The Morgan fingerprint density at radius 1 is 1.53 bits per heavy atom. The van der Waals surface area contributed by atoms with Crippen LogP contribution in [-0.2, 0) is 4.74 Å². The lowest BCUT2D eigenvalue weighted by Crippen LogP contribution is -2.32. The van der Waals surface area contributed by atoms with Crippen molar-refractivity contribution in [1.29, 1.82) is 0 Å². The fraction of sp³-hybridized carbons (Fsp3) is 0.462. The number of halogens is 1. The summed E-state index contributed by atoms with van der Waals surface area (Å²) in [5, 5.41) is 2.75. The Morgan fingerprint density at radius 2 is 2.29 bits per heavy atom. The van der Waals surface area contributed by atoms with Crippen molar-refractivity contribution in [2.75, 3.05) is 13.2 Å². The van der Waals surface area contributed by atoms with Crippen molar-refractivity contribution in [3.8, 4) is 0 Å². The molecule has 1 N–H and O–H groups in total. The maximum atomic E-state index is 13.3. The van der Waals surface area contributed by atoms with E-state index in [-0.39, 0.29) is 17.6 Å². The molecule has 4 heteroatoms. The van der Waals surface area contributed by atoms with Gasteiger partial charge < -0.3 is 10.1 Å². The van der Waals surface area contributed by atoms with Crippen LogP contribution < -0.4 is 5.32 Å². The predicted molar refractivity (Wildman–Crippen MR) is 62.3 cm³/mol. The van der Waals surface area contributed by atoms with Crippen LogP contribution in [0.4, 0.5) is 4.39 Å². The third-order valence-corrected chi connectivity index (χ3v) is 3.18. The average Bonchev–Trinajstić information content (AvgIpc) is 2.72. The van der Waals surface area contributed by atoms with Crippen LogP contribution in [0.25, 0.3) is 0 Å². The summed E-state index contributed by atoms with van der Waals surface area (Å²) < 4.78 is 18.7. The molecule has 1 fully saturated rings. The minimum atomic E-state index is -0.485. The number of hydrogen-bond acceptors (Lipinski definition) is 2. The highest BCUT2D eigenvalue weighted by Gasteiger charge is 2.24. The van der Waals surface area contributed by atoms with Crippen molar-refractivity contribution in [2.24, 2.45) is 5.92 Å². The molecule has 2 atom stereocenters. The number of benzene rings is 1. The van der Waals surface area contributed by atoms with Crippen LogP contribution >= 0.6 is 0 Å². The summed E-state index contributed by atoms with van der Waals surface area (Å²) in [6, 6.07) is 5.99. The van der Waals surface area contributed by atoms with Crippen LogP contribution in [0.15, 0.2) is 24.3 Å². The molecule has 1 saturated heterocycles. The van der Waals surface area contributed by atoms with Crippen molar-refractivity contribution in [1.82, 2.24) is 5.32 Å². The Kier molecular flexibility index (Phi) is 3.74. The van der Waals surface area contributed by atoms with Crippen LogP contribution in [0.5, 0.6) is 0 Å². The van der Waals surface area contributed by atoms with Crippen molar-refractivity contribution < 1.29 is 13.9 Å². The van der Waals surface area contributed by atoms with Crippen LogP contribution in [0.2, 0.25) is 0 Å². The lowest BCUT2D eigenvalue weighted by molar-refractivity contribution is 0.0904. The van der Waals surface area contributed by atoms with E-state index < -0.39 is 5.82 Å². The Labute approximate surface area is 100.0 Å². The molecule has 0 saturated carbocycles. The number of amides is 1. The first-order chi connectivity index (χ1) is 8.18. The summed E-state index contributed by atoms with van der Waals surface area (Å²) in [6.45, 7) is 3.27. The molecule has 0 spiro atoms. The van der Waals surface area contributed by atoms with Crippen LogP contribution in [0.3, 0.4) is 0 Å². The van der Waals surface area contributed by atoms with Gasteiger partial charge in [0.05, 0.1) is 11.7 Å². The van der Waals surface area contributed by atoms with Crippen molar-refractivity contribution in [3.05, 3.63) is 35.6 Å². The van der Waals surface area contributed by atoms with E-state index in [1.807, 2.05) is 6.92 Å². The summed E-state index contributed by atoms with van der Waals surface area (Å²) in [6.07, 6.45) is 1.11.